The highest BCUT2D eigenvalue weighted by molar-refractivity contribution is 7.89. The monoisotopic (exact) mass is 407 g/mol. The number of aliphatic hydroxyl groups is 1. The van der Waals surface area contributed by atoms with E-state index in [-0.39, 0.29) is 6.54 Å². The summed E-state index contributed by atoms with van der Waals surface area (Å²) in [6.45, 7) is 4.04. The Labute approximate surface area is 172 Å². The van der Waals surface area contributed by atoms with Gasteiger partial charge in [0.15, 0.2) is 0 Å². The van der Waals surface area contributed by atoms with Crippen LogP contribution >= 0.6 is 0 Å². The minimum absolute atomic E-state index is 0.227. The zero-order valence-corrected chi connectivity index (χ0v) is 17.4. The van der Waals surface area contributed by atoms with Crippen molar-refractivity contribution in [1.29, 1.82) is 0 Å². The number of fused-ring (bicyclic) bond motifs is 1. The highest BCUT2D eigenvalue weighted by Crippen LogP contribution is 2.38. The molecule has 1 heterocycles. The van der Waals surface area contributed by atoms with E-state index in [0.29, 0.717) is 11.3 Å². The molecular weight excluding hydrogens is 382 g/mol. The van der Waals surface area contributed by atoms with Crippen molar-refractivity contribution in [3.05, 3.63) is 101 Å². The second-order valence-corrected chi connectivity index (χ2v) is 9.56. The second-order valence-electron chi connectivity index (χ2n) is 7.73. The second kappa shape index (κ2) is 7.75. The first-order valence-corrected chi connectivity index (χ1v) is 11.2. The molecule has 150 valence electrons. The molecule has 4 rings (SSSR count). The average molecular weight is 408 g/mol. The number of sulfonamides is 1. The molecule has 0 saturated heterocycles. The Balaban J connectivity index is 1.85. The van der Waals surface area contributed by atoms with Crippen LogP contribution in [-0.4, -0.2) is 23.9 Å². The van der Waals surface area contributed by atoms with E-state index in [0.717, 1.165) is 27.8 Å². The van der Waals surface area contributed by atoms with E-state index >= 15 is 0 Å². The van der Waals surface area contributed by atoms with Crippen LogP contribution < -0.4 is 0 Å². The van der Waals surface area contributed by atoms with Gasteiger partial charge in [0.2, 0.25) is 10.0 Å². The molecule has 3 aromatic carbocycles. The molecule has 0 saturated carbocycles. The molecule has 1 aliphatic rings. The molecule has 0 spiro atoms. The first-order chi connectivity index (χ1) is 13.9. The summed E-state index contributed by atoms with van der Waals surface area (Å²) in [6.07, 6.45) is -0.441. The van der Waals surface area contributed by atoms with Crippen molar-refractivity contribution in [3.8, 4) is 0 Å². The fourth-order valence-corrected chi connectivity index (χ4v) is 6.33. The van der Waals surface area contributed by atoms with Crippen molar-refractivity contribution in [2.75, 3.05) is 0 Å². The molecule has 0 fully saturated rings. The highest BCUT2D eigenvalue weighted by atomic mass is 32.2. The lowest BCUT2D eigenvalue weighted by atomic mass is 9.93. The maximum atomic E-state index is 13.7. The Morgan fingerprint density at radius 2 is 1.62 bits per heavy atom. The first kappa shape index (κ1) is 19.8. The Kier molecular flexibility index (Phi) is 5.30. The molecular formula is C24H25NO3S. The van der Waals surface area contributed by atoms with Crippen LogP contribution in [0.15, 0.2) is 77.7 Å². The molecule has 0 unspecified atom stereocenters. The third-order valence-corrected chi connectivity index (χ3v) is 7.67. The van der Waals surface area contributed by atoms with Crippen molar-refractivity contribution in [2.24, 2.45) is 0 Å². The molecule has 0 aromatic heterocycles. The topological polar surface area (TPSA) is 57.6 Å². The van der Waals surface area contributed by atoms with E-state index in [4.69, 9.17) is 0 Å². The molecule has 29 heavy (non-hydrogen) atoms. The van der Waals surface area contributed by atoms with Crippen molar-refractivity contribution < 1.29 is 13.5 Å². The van der Waals surface area contributed by atoms with E-state index in [9.17, 15) is 13.5 Å². The largest absolute Gasteiger partial charge is 0.387 e. The molecule has 3 aromatic rings. The van der Waals surface area contributed by atoms with Crippen LogP contribution in [0.25, 0.3) is 0 Å². The minimum atomic E-state index is -3.76. The Morgan fingerprint density at radius 3 is 2.28 bits per heavy atom. The van der Waals surface area contributed by atoms with Crippen LogP contribution in [0.3, 0.4) is 0 Å². The van der Waals surface area contributed by atoms with Crippen LogP contribution in [0.4, 0.5) is 0 Å². The lowest BCUT2D eigenvalue weighted by molar-refractivity contribution is 0.0830. The van der Waals surface area contributed by atoms with Crippen LogP contribution in [-0.2, 0) is 23.0 Å². The molecule has 0 aliphatic carbocycles. The van der Waals surface area contributed by atoms with Gasteiger partial charge in [-0.1, -0.05) is 78.4 Å². The molecule has 5 heteroatoms. The first-order valence-electron chi connectivity index (χ1n) is 9.77. The van der Waals surface area contributed by atoms with Gasteiger partial charge in [-0.15, -0.1) is 0 Å². The lowest BCUT2D eigenvalue weighted by Gasteiger charge is -2.39. The van der Waals surface area contributed by atoms with Gasteiger partial charge in [0.1, 0.15) is 0 Å². The summed E-state index contributed by atoms with van der Waals surface area (Å²) in [6, 6.07) is 22.1. The third kappa shape index (κ3) is 3.73. The lowest BCUT2D eigenvalue weighted by Crippen LogP contribution is -2.48. The summed E-state index contributed by atoms with van der Waals surface area (Å²) in [7, 11) is -3.76. The number of aryl methyl sites for hydroxylation is 2. The van der Waals surface area contributed by atoms with Gasteiger partial charge < -0.3 is 5.11 Å². The normalized spacial score (nSPS) is 19.5. The van der Waals surface area contributed by atoms with Crippen LogP contribution in [0.1, 0.15) is 33.9 Å². The average Bonchev–Trinajstić information content (AvgIpc) is 2.70. The molecule has 2 atom stereocenters. The predicted molar refractivity (Wildman–Crippen MR) is 114 cm³/mol. The Bertz CT molecular complexity index is 1110. The van der Waals surface area contributed by atoms with Crippen LogP contribution in [0, 0.1) is 13.8 Å². The van der Waals surface area contributed by atoms with E-state index in [1.54, 1.807) is 0 Å². The van der Waals surface area contributed by atoms with E-state index < -0.39 is 22.2 Å². The zero-order chi connectivity index (χ0) is 20.6. The SMILES string of the molecule is Cc1cc(C)c2c(c1)C[C@H]([C@@H](O)c1ccccc1)N(Cc1ccccc1)S2(=O)=O. The van der Waals surface area contributed by atoms with Gasteiger partial charge in [0.05, 0.1) is 17.0 Å². The highest BCUT2D eigenvalue weighted by Gasteiger charge is 2.42. The summed E-state index contributed by atoms with van der Waals surface area (Å²) in [5, 5.41) is 11.2. The molecule has 4 nitrogen and oxygen atoms in total. The van der Waals surface area contributed by atoms with E-state index in [1.165, 1.54) is 4.31 Å². The molecule has 0 radical (unpaired) electrons. The van der Waals surface area contributed by atoms with Gasteiger partial charge in [0, 0.05) is 6.54 Å². The van der Waals surface area contributed by atoms with E-state index in [1.807, 2.05) is 86.6 Å². The third-order valence-electron chi connectivity index (χ3n) is 5.55. The summed E-state index contributed by atoms with van der Waals surface area (Å²) in [4.78, 5) is 0.385. The number of benzene rings is 3. The summed E-state index contributed by atoms with van der Waals surface area (Å²) in [5.74, 6) is 0. The van der Waals surface area contributed by atoms with Gasteiger partial charge in [-0.05, 0) is 42.5 Å². The van der Waals surface area contributed by atoms with Gasteiger partial charge in [-0.3, -0.25) is 0 Å². The Morgan fingerprint density at radius 1 is 1.00 bits per heavy atom. The van der Waals surface area contributed by atoms with Gasteiger partial charge in [0.25, 0.3) is 0 Å². The maximum Gasteiger partial charge on any atom is 0.244 e. The van der Waals surface area contributed by atoms with Crippen molar-refractivity contribution in [2.45, 2.75) is 43.9 Å². The number of aliphatic hydroxyl groups excluding tert-OH is 1. The quantitative estimate of drug-likeness (QED) is 0.707. The summed E-state index contributed by atoms with van der Waals surface area (Å²) in [5.41, 5.74) is 4.19. The smallest absolute Gasteiger partial charge is 0.244 e. The molecule has 0 amide bonds. The number of hydrogen-bond acceptors (Lipinski definition) is 3. The van der Waals surface area contributed by atoms with Crippen molar-refractivity contribution in [3.63, 3.8) is 0 Å². The predicted octanol–water partition coefficient (Wildman–Crippen LogP) is 4.15. The number of rotatable bonds is 4. The van der Waals surface area contributed by atoms with Crippen LogP contribution in [0.5, 0.6) is 0 Å². The minimum Gasteiger partial charge on any atom is -0.387 e. The Hall–Kier alpha value is -2.47. The van der Waals surface area contributed by atoms with Gasteiger partial charge in [-0.2, -0.15) is 4.31 Å². The van der Waals surface area contributed by atoms with Crippen molar-refractivity contribution in [1.82, 2.24) is 4.31 Å². The molecule has 1 N–H and O–H groups in total. The molecule has 0 bridgehead atoms. The number of hydrogen-bond donors (Lipinski definition) is 1. The van der Waals surface area contributed by atoms with Crippen molar-refractivity contribution >= 4 is 10.0 Å². The maximum absolute atomic E-state index is 13.7. The number of nitrogens with zero attached hydrogens (tertiary/aromatic N) is 1. The fourth-order valence-electron chi connectivity index (χ4n) is 4.29. The van der Waals surface area contributed by atoms with E-state index in [2.05, 4.69) is 0 Å². The molecule has 1 aliphatic heterocycles. The zero-order valence-electron chi connectivity index (χ0n) is 16.6. The van der Waals surface area contributed by atoms with Gasteiger partial charge in [-0.25, -0.2) is 8.42 Å². The van der Waals surface area contributed by atoms with Crippen LogP contribution in [0.2, 0.25) is 0 Å². The summed E-state index contributed by atoms with van der Waals surface area (Å²) >= 11 is 0. The standard InChI is InChI=1S/C24H25NO3S/c1-17-13-18(2)24-21(14-17)15-22(23(26)20-11-7-4-8-12-20)25(29(24,27)28)16-19-9-5-3-6-10-19/h3-14,22-23,26H,15-16H2,1-2H3/t22-,23+/m1/s1. The summed E-state index contributed by atoms with van der Waals surface area (Å²) < 4.78 is 28.9. The van der Waals surface area contributed by atoms with Gasteiger partial charge >= 0.3 is 0 Å². The fraction of sp³-hybridized carbons (Fsp3) is 0.250.